The van der Waals surface area contributed by atoms with Crippen molar-refractivity contribution in [2.75, 3.05) is 19.0 Å². The van der Waals surface area contributed by atoms with Crippen LogP contribution in [-0.2, 0) is 4.79 Å². The molecule has 122 valence electrons. The molecule has 4 nitrogen and oxygen atoms in total. The van der Waals surface area contributed by atoms with Gasteiger partial charge in [0, 0.05) is 5.69 Å². The van der Waals surface area contributed by atoms with Crippen molar-refractivity contribution >= 4 is 11.6 Å². The van der Waals surface area contributed by atoms with Crippen molar-refractivity contribution in [2.24, 2.45) is 0 Å². The van der Waals surface area contributed by atoms with E-state index in [-0.39, 0.29) is 12.5 Å². The normalized spacial score (nSPS) is 10.5. The van der Waals surface area contributed by atoms with Gasteiger partial charge in [-0.05, 0) is 36.1 Å². The molecule has 23 heavy (non-hydrogen) atoms. The van der Waals surface area contributed by atoms with Gasteiger partial charge < -0.3 is 14.8 Å². The van der Waals surface area contributed by atoms with Gasteiger partial charge in [0.15, 0.2) is 18.1 Å². The third kappa shape index (κ3) is 4.25. The summed E-state index contributed by atoms with van der Waals surface area (Å²) in [5, 5.41) is 2.96. The monoisotopic (exact) mass is 313 g/mol. The number of ether oxygens (including phenoxy) is 2. The van der Waals surface area contributed by atoms with E-state index in [0.717, 1.165) is 16.8 Å². The van der Waals surface area contributed by atoms with Crippen molar-refractivity contribution in [3.8, 4) is 11.5 Å². The number of para-hydroxylation sites is 3. The number of methoxy groups -OCH3 is 1. The van der Waals surface area contributed by atoms with Crippen molar-refractivity contribution in [3.05, 3.63) is 53.6 Å². The van der Waals surface area contributed by atoms with Gasteiger partial charge in [0.25, 0.3) is 5.91 Å². The van der Waals surface area contributed by atoms with Crippen LogP contribution >= 0.6 is 0 Å². The van der Waals surface area contributed by atoms with Crippen molar-refractivity contribution < 1.29 is 14.3 Å². The topological polar surface area (TPSA) is 47.6 Å². The Hall–Kier alpha value is -2.49. The average Bonchev–Trinajstić information content (AvgIpc) is 2.54. The minimum absolute atomic E-state index is 0.0633. The zero-order valence-electron chi connectivity index (χ0n) is 14.1. The molecule has 0 unspecified atom stereocenters. The van der Waals surface area contributed by atoms with E-state index >= 15 is 0 Å². The fourth-order valence-electron chi connectivity index (χ4n) is 2.40. The number of rotatable bonds is 6. The van der Waals surface area contributed by atoms with Gasteiger partial charge in [-0.15, -0.1) is 0 Å². The number of amides is 1. The summed E-state index contributed by atoms with van der Waals surface area (Å²) in [5.41, 5.74) is 3.04. The summed E-state index contributed by atoms with van der Waals surface area (Å²) in [6.07, 6.45) is 0. The summed E-state index contributed by atoms with van der Waals surface area (Å²) in [5.74, 6) is 1.31. The number of hydrogen-bond acceptors (Lipinski definition) is 3. The Morgan fingerprint density at radius 3 is 2.43 bits per heavy atom. The van der Waals surface area contributed by atoms with Gasteiger partial charge in [0.2, 0.25) is 0 Å². The number of aryl methyl sites for hydroxylation is 1. The van der Waals surface area contributed by atoms with E-state index in [9.17, 15) is 4.79 Å². The van der Waals surface area contributed by atoms with E-state index in [0.29, 0.717) is 17.4 Å². The largest absolute Gasteiger partial charge is 0.493 e. The quantitative estimate of drug-likeness (QED) is 0.871. The zero-order valence-corrected chi connectivity index (χ0v) is 14.1. The molecule has 0 aromatic heterocycles. The molecule has 0 aliphatic heterocycles. The van der Waals surface area contributed by atoms with Crippen molar-refractivity contribution in [3.63, 3.8) is 0 Å². The van der Waals surface area contributed by atoms with Crippen LogP contribution in [0.15, 0.2) is 42.5 Å². The van der Waals surface area contributed by atoms with Crippen LogP contribution in [0.25, 0.3) is 0 Å². The van der Waals surface area contributed by atoms with E-state index in [2.05, 4.69) is 19.2 Å². The molecule has 2 aromatic rings. The Morgan fingerprint density at radius 1 is 1.09 bits per heavy atom. The van der Waals surface area contributed by atoms with Crippen LogP contribution in [0.1, 0.15) is 30.9 Å². The van der Waals surface area contributed by atoms with Crippen LogP contribution in [0.2, 0.25) is 0 Å². The first kappa shape index (κ1) is 16.9. The molecule has 0 fully saturated rings. The smallest absolute Gasteiger partial charge is 0.262 e. The Bertz CT molecular complexity index is 680. The maximum Gasteiger partial charge on any atom is 0.262 e. The van der Waals surface area contributed by atoms with Gasteiger partial charge in [-0.1, -0.05) is 44.2 Å². The maximum absolute atomic E-state index is 12.2. The highest BCUT2D eigenvalue weighted by Crippen LogP contribution is 2.28. The SMILES string of the molecule is COc1ccccc1OCC(=O)Nc1c(C)cccc1C(C)C. The molecule has 0 saturated carbocycles. The summed E-state index contributed by atoms with van der Waals surface area (Å²) < 4.78 is 10.8. The summed E-state index contributed by atoms with van der Waals surface area (Å²) in [4.78, 5) is 12.2. The lowest BCUT2D eigenvalue weighted by molar-refractivity contribution is -0.118. The van der Waals surface area contributed by atoms with Crippen LogP contribution in [0, 0.1) is 6.92 Å². The van der Waals surface area contributed by atoms with E-state index in [4.69, 9.17) is 9.47 Å². The maximum atomic E-state index is 12.2. The summed E-state index contributed by atoms with van der Waals surface area (Å²) >= 11 is 0. The molecule has 0 heterocycles. The van der Waals surface area contributed by atoms with Crippen LogP contribution < -0.4 is 14.8 Å². The number of hydrogen-bond donors (Lipinski definition) is 1. The molecule has 0 aliphatic carbocycles. The van der Waals surface area contributed by atoms with Gasteiger partial charge in [-0.25, -0.2) is 0 Å². The molecular weight excluding hydrogens is 290 g/mol. The van der Waals surface area contributed by atoms with Gasteiger partial charge >= 0.3 is 0 Å². The predicted octanol–water partition coefficient (Wildman–Crippen LogP) is 4.14. The van der Waals surface area contributed by atoms with Gasteiger partial charge in [-0.2, -0.15) is 0 Å². The van der Waals surface area contributed by atoms with Crippen molar-refractivity contribution in [2.45, 2.75) is 26.7 Å². The second-order valence-corrected chi connectivity index (χ2v) is 5.68. The van der Waals surface area contributed by atoms with E-state index < -0.39 is 0 Å². The van der Waals surface area contributed by atoms with Gasteiger partial charge in [-0.3, -0.25) is 4.79 Å². The molecule has 0 atom stereocenters. The molecule has 0 bridgehead atoms. The first-order valence-corrected chi connectivity index (χ1v) is 7.68. The van der Waals surface area contributed by atoms with Gasteiger partial charge in [0.1, 0.15) is 0 Å². The molecular formula is C19H23NO3. The van der Waals surface area contributed by atoms with Crippen molar-refractivity contribution in [1.29, 1.82) is 0 Å². The number of anilines is 1. The van der Waals surface area contributed by atoms with Crippen molar-refractivity contribution in [1.82, 2.24) is 0 Å². The van der Waals surface area contributed by atoms with E-state index in [1.807, 2.05) is 37.3 Å². The molecule has 0 radical (unpaired) electrons. The number of carbonyl (C=O) groups is 1. The number of benzene rings is 2. The van der Waals surface area contributed by atoms with Crippen LogP contribution in [-0.4, -0.2) is 19.6 Å². The standard InChI is InChI=1S/C19H23NO3/c1-13(2)15-9-7-8-14(3)19(15)20-18(21)12-23-17-11-6-5-10-16(17)22-4/h5-11,13H,12H2,1-4H3,(H,20,21). The third-order valence-corrected chi connectivity index (χ3v) is 3.62. The van der Waals surface area contributed by atoms with E-state index in [1.54, 1.807) is 19.2 Å². The minimum Gasteiger partial charge on any atom is -0.493 e. The first-order valence-electron chi connectivity index (χ1n) is 7.68. The summed E-state index contributed by atoms with van der Waals surface area (Å²) in [6.45, 7) is 6.14. The lowest BCUT2D eigenvalue weighted by Gasteiger charge is -2.17. The molecule has 2 rings (SSSR count). The second kappa shape index (κ2) is 7.68. The molecule has 2 aromatic carbocycles. The molecule has 0 saturated heterocycles. The summed E-state index contributed by atoms with van der Waals surface area (Å²) in [7, 11) is 1.57. The highest BCUT2D eigenvalue weighted by Gasteiger charge is 2.13. The Labute approximate surface area is 137 Å². The molecule has 0 spiro atoms. The lowest BCUT2D eigenvalue weighted by Crippen LogP contribution is -2.21. The third-order valence-electron chi connectivity index (χ3n) is 3.62. The Morgan fingerprint density at radius 2 is 1.78 bits per heavy atom. The minimum atomic E-state index is -0.188. The number of nitrogens with one attached hydrogen (secondary N) is 1. The lowest BCUT2D eigenvalue weighted by atomic mass is 9.98. The molecule has 4 heteroatoms. The second-order valence-electron chi connectivity index (χ2n) is 5.68. The zero-order chi connectivity index (χ0) is 16.8. The average molecular weight is 313 g/mol. The summed E-state index contributed by atoms with van der Waals surface area (Å²) in [6, 6.07) is 13.3. The molecule has 1 amide bonds. The molecule has 0 aliphatic rings. The Kier molecular flexibility index (Phi) is 5.63. The Balaban J connectivity index is 2.06. The van der Waals surface area contributed by atoms with Crippen LogP contribution in [0.4, 0.5) is 5.69 Å². The fourth-order valence-corrected chi connectivity index (χ4v) is 2.40. The first-order chi connectivity index (χ1) is 11.0. The molecule has 1 N–H and O–H groups in total. The predicted molar refractivity (Wildman–Crippen MR) is 92.4 cm³/mol. The van der Waals surface area contributed by atoms with Crippen LogP contribution in [0.3, 0.4) is 0 Å². The van der Waals surface area contributed by atoms with E-state index in [1.165, 1.54) is 0 Å². The van der Waals surface area contributed by atoms with Crippen LogP contribution in [0.5, 0.6) is 11.5 Å². The fraction of sp³-hybridized carbons (Fsp3) is 0.316. The number of carbonyl (C=O) groups excluding carboxylic acids is 1. The highest BCUT2D eigenvalue weighted by molar-refractivity contribution is 5.93. The van der Waals surface area contributed by atoms with Gasteiger partial charge in [0.05, 0.1) is 7.11 Å². The highest BCUT2D eigenvalue weighted by atomic mass is 16.5.